The van der Waals surface area contributed by atoms with Crippen molar-refractivity contribution in [3.63, 3.8) is 0 Å². The van der Waals surface area contributed by atoms with E-state index in [9.17, 15) is 14.4 Å². The minimum atomic E-state index is -0.282. The van der Waals surface area contributed by atoms with Crippen molar-refractivity contribution < 1.29 is 19.1 Å². The molecule has 24 heavy (non-hydrogen) atoms. The Hall–Kier alpha value is -1.93. The Balaban J connectivity index is 1.48. The molecule has 0 saturated carbocycles. The van der Waals surface area contributed by atoms with E-state index < -0.39 is 0 Å². The molecule has 0 atom stereocenters. The van der Waals surface area contributed by atoms with Crippen molar-refractivity contribution >= 4 is 33.8 Å². The van der Waals surface area contributed by atoms with E-state index in [0.29, 0.717) is 50.4 Å². The number of hydrogen-bond donors (Lipinski definition) is 1. The van der Waals surface area contributed by atoms with Gasteiger partial charge in [-0.3, -0.25) is 14.5 Å². The lowest BCUT2D eigenvalue weighted by Crippen LogP contribution is -2.46. The first-order valence-electron chi connectivity index (χ1n) is 7.84. The van der Waals surface area contributed by atoms with Gasteiger partial charge < -0.3 is 15.0 Å². The summed E-state index contributed by atoms with van der Waals surface area (Å²) in [5, 5.41) is 2.81. The number of morpholine rings is 1. The van der Waals surface area contributed by atoms with E-state index in [1.807, 2.05) is 0 Å². The number of nitrogens with zero attached hydrogens (tertiary/aromatic N) is 2. The smallest absolute Gasteiger partial charge is 0.317 e. The van der Waals surface area contributed by atoms with Gasteiger partial charge in [-0.05, 0) is 24.6 Å². The van der Waals surface area contributed by atoms with Crippen LogP contribution in [0.5, 0.6) is 0 Å². The number of hydrogen-bond acceptors (Lipinski definition) is 4. The summed E-state index contributed by atoms with van der Waals surface area (Å²) >= 11 is 3.31. The Morgan fingerprint density at radius 2 is 1.88 bits per heavy atom. The zero-order chi connectivity index (χ0) is 17.1. The van der Waals surface area contributed by atoms with Crippen LogP contribution in [0.4, 0.5) is 4.79 Å². The van der Waals surface area contributed by atoms with Gasteiger partial charge >= 0.3 is 6.03 Å². The zero-order valence-corrected chi connectivity index (χ0v) is 14.7. The second-order valence-electron chi connectivity index (χ2n) is 5.64. The van der Waals surface area contributed by atoms with Crippen molar-refractivity contribution in [2.24, 2.45) is 0 Å². The largest absolute Gasteiger partial charge is 0.378 e. The number of benzene rings is 1. The Morgan fingerprint density at radius 1 is 1.17 bits per heavy atom. The Kier molecular flexibility index (Phi) is 5.15. The first kappa shape index (κ1) is 16.9. The second-order valence-corrected chi connectivity index (χ2v) is 6.55. The zero-order valence-electron chi connectivity index (χ0n) is 13.1. The second kappa shape index (κ2) is 7.31. The van der Waals surface area contributed by atoms with Crippen LogP contribution in [-0.2, 0) is 4.74 Å². The summed E-state index contributed by atoms with van der Waals surface area (Å²) in [6.45, 7) is 2.97. The lowest BCUT2D eigenvalue weighted by molar-refractivity contribution is 0.0531. The normalized spacial score (nSPS) is 17.2. The van der Waals surface area contributed by atoms with Crippen LogP contribution in [0.1, 0.15) is 27.1 Å². The highest BCUT2D eigenvalue weighted by molar-refractivity contribution is 9.10. The lowest BCUT2D eigenvalue weighted by Gasteiger charge is -2.27. The SMILES string of the molecule is O=C(NCCCN1C(=O)c2ccc(Br)cc2C1=O)N1CCOCC1. The molecule has 2 aliphatic heterocycles. The molecular weight excluding hydrogens is 378 g/mol. The predicted octanol–water partition coefficient (Wildman–Crippen LogP) is 1.48. The van der Waals surface area contributed by atoms with Crippen LogP contribution in [0, 0.1) is 0 Å². The molecular formula is C16H18BrN3O4. The van der Waals surface area contributed by atoms with Gasteiger partial charge in [0.25, 0.3) is 11.8 Å². The summed E-state index contributed by atoms with van der Waals surface area (Å²) < 4.78 is 5.96. The molecule has 4 amide bonds. The van der Waals surface area contributed by atoms with Gasteiger partial charge in [0.15, 0.2) is 0 Å². The average molecular weight is 396 g/mol. The molecule has 7 nitrogen and oxygen atoms in total. The quantitative estimate of drug-likeness (QED) is 0.618. The van der Waals surface area contributed by atoms with E-state index >= 15 is 0 Å². The van der Waals surface area contributed by atoms with E-state index in [-0.39, 0.29) is 24.4 Å². The van der Waals surface area contributed by atoms with Crippen molar-refractivity contribution in [3.8, 4) is 0 Å². The molecule has 1 aromatic carbocycles. The van der Waals surface area contributed by atoms with Crippen LogP contribution in [0.2, 0.25) is 0 Å². The molecule has 0 spiro atoms. The maximum atomic E-state index is 12.3. The number of amides is 4. The third-order valence-corrected chi connectivity index (χ3v) is 4.56. The molecule has 1 fully saturated rings. The molecule has 1 saturated heterocycles. The Morgan fingerprint density at radius 3 is 2.62 bits per heavy atom. The monoisotopic (exact) mass is 395 g/mol. The molecule has 0 radical (unpaired) electrons. The summed E-state index contributed by atoms with van der Waals surface area (Å²) in [5.41, 5.74) is 0.854. The first-order valence-corrected chi connectivity index (χ1v) is 8.63. The summed E-state index contributed by atoms with van der Waals surface area (Å²) in [7, 11) is 0. The van der Waals surface area contributed by atoms with Crippen molar-refractivity contribution in [3.05, 3.63) is 33.8 Å². The fourth-order valence-corrected chi connectivity index (χ4v) is 3.14. The molecule has 2 heterocycles. The van der Waals surface area contributed by atoms with Crippen LogP contribution in [0.3, 0.4) is 0 Å². The highest BCUT2D eigenvalue weighted by atomic mass is 79.9. The van der Waals surface area contributed by atoms with Gasteiger partial charge in [0.1, 0.15) is 0 Å². The number of nitrogens with one attached hydrogen (secondary N) is 1. The summed E-state index contributed by atoms with van der Waals surface area (Å²) in [4.78, 5) is 39.5. The highest BCUT2D eigenvalue weighted by Gasteiger charge is 2.35. The van der Waals surface area contributed by atoms with Crippen molar-refractivity contribution in [2.75, 3.05) is 39.4 Å². The predicted molar refractivity (Wildman–Crippen MR) is 89.9 cm³/mol. The number of carbonyl (C=O) groups is 3. The number of urea groups is 1. The molecule has 3 rings (SSSR count). The molecule has 0 bridgehead atoms. The first-order chi connectivity index (χ1) is 11.6. The van der Waals surface area contributed by atoms with Gasteiger partial charge in [-0.25, -0.2) is 4.79 Å². The summed E-state index contributed by atoms with van der Waals surface area (Å²) in [5.74, 6) is -0.558. The van der Waals surface area contributed by atoms with Gasteiger partial charge in [-0.2, -0.15) is 0 Å². The summed E-state index contributed by atoms with van der Waals surface area (Å²) in [6.07, 6.45) is 0.517. The number of ether oxygens (including phenoxy) is 1. The fraction of sp³-hybridized carbons (Fsp3) is 0.438. The molecule has 128 valence electrons. The van der Waals surface area contributed by atoms with Crippen molar-refractivity contribution in [1.29, 1.82) is 0 Å². The van der Waals surface area contributed by atoms with E-state index in [1.165, 1.54) is 4.90 Å². The van der Waals surface area contributed by atoms with Crippen LogP contribution in [0.25, 0.3) is 0 Å². The Bertz CT molecular complexity index is 673. The van der Waals surface area contributed by atoms with Gasteiger partial charge in [0.2, 0.25) is 0 Å². The van der Waals surface area contributed by atoms with Gasteiger partial charge in [0, 0.05) is 30.7 Å². The van der Waals surface area contributed by atoms with Crippen LogP contribution >= 0.6 is 15.9 Å². The standard InChI is InChI=1S/C16H18BrN3O4/c17-11-2-3-12-13(10-11)15(22)20(14(12)21)5-1-4-18-16(23)19-6-8-24-9-7-19/h2-3,10H,1,4-9H2,(H,18,23). The third-order valence-electron chi connectivity index (χ3n) is 4.07. The van der Waals surface area contributed by atoms with E-state index in [0.717, 1.165) is 4.47 Å². The number of halogens is 1. The van der Waals surface area contributed by atoms with E-state index in [4.69, 9.17) is 4.74 Å². The Labute approximate surface area is 148 Å². The lowest BCUT2D eigenvalue weighted by atomic mass is 10.1. The van der Waals surface area contributed by atoms with E-state index in [2.05, 4.69) is 21.2 Å². The molecule has 0 aliphatic carbocycles. The van der Waals surface area contributed by atoms with Crippen LogP contribution in [-0.4, -0.2) is 67.0 Å². The van der Waals surface area contributed by atoms with Crippen LogP contribution < -0.4 is 5.32 Å². The van der Waals surface area contributed by atoms with Crippen molar-refractivity contribution in [2.45, 2.75) is 6.42 Å². The van der Waals surface area contributed by atoms with Crippen LogP contribution in [0.15, 0.2) is 22.7 Å². The number of rotatable bonds is 4. The fourth-order valence-electron chi connectivity index (χ4n) is 2.78. The topological polar surface area (TPSA) is 79.0 Å². The van der Waals surface area contributed by atoms with Crippen molar-refractivity contribution in [1.82, 2.24) is 15.1 Å². The maximum Gasteiger partial charge on any atom is 0.317 e. The van der Waals surface area contributed by atoms with Gasteiger partial charge in [-0.15, -0.1) is 0 Å². The molecule has 1 aromatic rings. The third kappa shape index (κ3) is 3.44. The molecule has 2 aliphatic rings. The van der Waals surface area contributed by atoms with Gasteiger partial charge in [-0.1, -0.05) is 15.9 Å². The molecule has 8 heteroatoms. The highest BCUT2D eigenvalue weighted by Crippen LogP contribution is 2.25. The number of carbonyl (C=O) groups excluding carboxylic acids is 3. The minimum Gasteiger partial charge on any atom is -0.378 e. The average Bonchev–Trinajstić information content (AvgIpc) is 2.83. The number of fused-ring (bicyclic) bond motifs is 1. The molecule has 0 aromatic heterocycles. The maximum absolute atomic E-state index is 12.3. The van der Waals surface area contributed by atoms with Gasteiger partial charge in [0.05, 0.1) is 24.3 Å². The van der Waals surface area contributed by atoms with E-state index in [1.54, 1.807) is 23.1 Å². The summed E-state index contributed by atoms with van der Waals surface area (Å²) in [6, 6.07) is 4.93. The number of imide groups is 1. The minimum absolute atomic E-state index is 0.135. The molecule has 0 unspecified atom stereocenters. The molecule has 1 N–H and O–H groups in total.